The molecule has 0 spiro atoms. The van der Waals surface area contributed by atoms with E-state index in [0.717, 1.165) is 11.4 Å². The van der Waals surface area contributed by atoms with Crippen LogP contribution < -0.4 is 4.90 Å². The molecule has 0 bridgehead atoms. The molecule has 248 valence electrons. The number of benzene rings is 9. The van der Waals surface area contributed by atoms with Crippen molar-refractivity contribution in [1.29, 1.82) is 0 Å². The van der Waals surface area contributed by atoms with Crippen LogP contribution in [0.1, 0.15) is 0 Å². The molecule has 0 amide bonds. The summed E-state index contributed by atoms with van der Waals surface area (Å²) in [5.41, 5.74) is 8.55. The number of rotatable bonds is 5. The normalized spacial score (nSPS) is 11.8. The van der Waals surface area contributed by atoms with Crippen LogP contribution in [0.25, 0.3) is 84.1 Å². The van der Waals surface area contributed by atoms with Crippen LogP contribution in [0.3, 0.4) is 0 Å². The Morgan fingerprint density at radius 1 is 0.340 bits per heavy atom. The maximum absolute atomic E-state index is 2.46. The molecule has 0 saturated carbocycles. The van der Waals surface area contributed by atoms with E-state index < -0.39 is 0 Å². The van der Waals surface area contributed by atoms with Crippen molar-refractivity contribution < 1.29 is 0 Å². The van der Waals surface area contributed by atoms with Gasteiger partial charge in [-0.15, -0.1) is 22.7 Å². The number of thiophene rings is 2. The zero-order valence-electron chi connectivity index (χ0n) is 28.7. The Balaban J connectivity index is 1.22. The molecule has 0 fully saturated rings. The molecule has 2 aromatic heterocycles. The molecule has 9 aromatic carbocycles. The molecular weight excluding hydrogens is 679 g/mol. The van der Waals surface area contributed by atoms with Gasteiger partial charge in [-0.05, 0) is 69.9 Å². The first-order valence-corrected chi connectivity index (χ1v) is 19.6. The zero-order chi connectivity index (χ0) is 34.9. The van der Waals surface area contributed by atoms with Crippen molar-refractivity contribution in [2.24, 2.45) is 0 Å². The Labute approximate surface area is 315 Å². The van der Waals surface area contributed by atoms with Crippen molar-refractivity contribution in [3.63, 3.8) is 0 Å². The lowest BCUT2D eigenvalue weighted by Gasteiger charge is -2.27. The lowest BCUT2D eigenvalue weighted by molar-refractivity contribution is 1.31. The lowest BCUT2D eigenvalue weighted by Crippen LogP contribution is -2.10. The molecule has 0 unspecified atom stereocenters. The summed E-state index contributed by atoms with van der Waals surface area (Å²) in [6.45, 7) is 0. The Bertz CT molecular complexity index is 3170. The van der Waals surface area contributed by atoms with Gasteiger partial charge in [0.1, 0.15) is 0 Å². The van der Waals surface area contributed by atoms with E-state index in [0.29, 0.717) is 0 Å². The molecule has 11 rings (SSSR count). The molecule has 2 heterocycles. The molecule has 3 heteroatoms. The van der Waals surface area contributed by atoms with E-state index >= 15 is 0 Å². The molecule has 1 nitrogen and oxygen atoms in total. The van der Waals surface area contributed by atoms with Gasteiger partial charge < -0.3 is 4.90 Å². The zero-order valence-corrected chi connectivity index (χ0v) is 30.3. The number of nitrogens with zero attached hydrogens (tertiary/aromatic N) is 1. The maximum atomic E-state index is 2.46. The Hall–Kier alpha value is -6.26. The Morgan fingerprint density at radius 2 is 1.00 bits per heavy atom. The van der Waals surface area contributed by atoms with E-state index in [1.165, 1.54) is 89.8 Å². The van der Waals surface area contributed by atoms with Crippen molar-refractivity contribution in [3.8, 4) is 22.3 Å². The highest BCUT2D eigenvalue weighted by molar-refractivity contribution is 7.27. The van der Waals surface area contributed by atoms with E-state index in [9.17, 15) is 0 Å². The number of fused-ring (bicyclic) bond motifs is 9. The van der Waals surface area contributed by atoms with Crippen LogP contribution in [0.15, 0.2) is 188 Å². The summed E-state index contributed by atoms with van der Waals surface area (Å²) in [5, 5.41) is 10.2. The molecule has 0 aliphatic carbocycles. The second-order valence-electron chi connectivity index (χ2n) is 13.6. The van der Waals surface area contributed by atoms with E-state index in [4.69, 9.17) is 0 Å². The highest BCUT2D eigenvalue weighted by Crippen LogP contribution is 2.51. The van der Waals surface area contributed by atoms with Crippen LogP contribution in [0.4, 0.5) is 17.1 Å². The van der Waals surface area contributed by atoms with Gasteiger partial charge in [-0.3, -0.25) is 0 Å². The largest absolute Gasteiger partial charge is 0.310 e. The van der Waals surface area contributed by atoms with Gasteiger partial charge in [0.15, 0.2) is 0 Å². The van der Waals surface area contributed by atoms with Gasteiger partial charge in [0.2, 0.25) is 0 Å². The average Bonchev–Trinajstić information content (AvgIpc) is 3.81. The van der Waals surface area contributed by atoms with Gasteiger partial charge in [0, 0.05) is 68.1 Å². The van der Waals surface area contributed by atoms with Crippen molar-refractivity contribution in [2.75, 3.05) is 4.90 Å². The number of para-hydroxylation sites is 1. The summed E-state index contributed by atoms with van der Waals surface area (Å²) in [7, 11) is 0. The molecule has 53 heavy (non-hydrogen) atoms. The molecule has 0 atom stereocenters. The maximum Gasteiger partial charge on any atom is 0.0547 e. The van der Waals surface area contributed by atoms with E-state index in [1.54, 1.807) is 0 Å². The van der Waals surface area contributed by atoms with Crippen molar-refractivity contribution in [3.05, 3.63) is 188 Å². The molecule has 0 aliphatic heterocycles. The van der Waals surface area contributed by atoms with Gasteiger partial charge in [-0.2, -0.15) is 0 Å². The number of anilines is 3. The van der Waals surface area contributed by atoms with E-state index in [2.05, 4.69) is 193 Å². The molecule has 0 saturated heterocycles. The summed E-state index contributed by atoms with van der Waals surface area (Å²) in [6.07, 6.45) is 0. The van der Waals surface area contributed by atoms with Crippen LogP contribution in [-0.4, -0.2) is 0 Å². The van der Waals surface area contributed by atoms with Crippen LogP contribution in [-0.2, 0) is 0 Å². The minimum atomic E-state index is 1.13. The predicted molar refractivity (Wildman–Crippen MR) is 233 cm³/mol. The SMILES string of the molecule is c1ccc(-c2ccc(-c3cccc4sc5c6ccccc6c(N(c6ccccc6)c6ccc7ccccc7c6)cc5c34)c3sc4ccccc4c23)cc1. The number of hydrogen-bond donors (Lipinski definition) is 0. The van der Waals surface area contributed by atoms with Gasteiger partial charge >= 0.3 is 0 Å². The highest BCUT2D eigenvalue weighted by Gasteiger charge is 2.22. The molecule has 0 aliphatic rings. The monoisotopic (exact) mass is 709 g/mol. The molecular formula is C50H31NS2. The van der Waals surface area contributed by atoms with E-state index in [1.807, 2.05) is 22.7 Å². The summed E-state index contributed by atoms with van der Waals surface area (Å²) in [4.78, 5) is 2.44. The van der Waals surface area contributed by atoms with Crippen LogP contribution in [0.2, 0.25) is 0 Å². The fourth-order valence-corrected chi connectivity index (χ4v) is 10.8. The van der Waals surface area contributed by atoms with Crippen molar-refractivity contribution in [1.82, 2.24) is 0 Å². The third kappa shape index (κ3) is 4.82. The van der Waals surface area contributed by atoms with Crippen molar-refractivity contribution in [2.45, 2.75) is 0 Å². The van der Waals surface area contributed by atoms with Crippen LogP contribution in [0, 0.1) is 0 Å². The molecule has 11 aromatic rings. The van der Waals surface area contributed by atoms with Gasteiger partial charge in [0.05, 0.1) is 5.69 Å². The van der Waals surface area contributed by atoms with Crippen LogP contribution >= 0.6 is 22.7 Å². The second-order valence-corrected chi connectivity index (χ2v) is 15.7. The predicted octanol–water partition coefficient (Wildman–Crippen LogP) is 15.5. The Morgan fingerprint density at radius 3 is 1.85 bits per heavy atom. The Kier molecular flexibility index (Phi) is 6.97. The fourth-order valence-electron chi connectivity index (χ4n) is 8.26. The minimum Gasteiger partial charge on any atom is -0.310 e. The molecule has 0 radical (unpaired) electrons. The summed E-state index contributed by atoms with van der Waals surface area (Å²) in [5.74, 6) is 0. The van der Waals surface area contributed by atoms with Crippen molar-refractivity contribution >= 4 is 102 Å². The third-order valence-corrected chi connectivity index (χ3v) is 13.0. The second kappa shape index (κ2) is 12.2. The smallest absolute Gasteiger partial charge is 0.0547 e. The summed E-state index contributed by atoms with van der Waals surface area (Å²) in [6, 6.07) is 69.0. The fraction of sp³-hybridized carbons (Fsp3) is 0. The standard InChI is InChI=1S/C50H31NS2/c1-3-15-33(16-4-1)37-28-29-41(50-48(37)42-22-11-12-24-45(42)52-50)39-23-13-25-46-47(39)43-31-44(38-20-9-10-21-40(38)49(43)53-46)51(35-18-5-2-6-19-35)36-27-26-32-14-7-8-17-34(32)30-36/h1-31H. The van der Waals surface area contributed by atoms with Crippen LogP contribution in [0.5, 0.6) is 0 Å². The minimum absolute atomic E-state index is 1.13. The lowest BCUT2D eigenvalue weighted by atomic mass is 9.92. The summed E-state index contributed by atoms with van der Waals surface area (Å²) < 4.78 is 5.28. The first-order chi connectivity index (χ1) is 26.3. The van der Waals surface area contributed by atoms with Gasteiger partial charge in [-0.1, -0.05) is 146 Å². The summed E-state index contributed by atoms with van der Waals surface area (Å²) >= 11 is 3.82. The van der Waals surface area contributed by atoms with Gasteiger partial charge in [0.25, 0.3) is 0 Å². The highest BCUT2D eigenvalue weighted by atomic mass is 32.1. The third-order valence-electron chi connectivity index (χ3n) is 10.6. The van der Waals surface area contributed by atoms with E-state index in [-0.39, 0.29) is 0 Å². The number of hydrogen-bond acceptors (Lipinski definition) is 3. The quantitative estimate of drug-likeness (QED) is 0.172. The first-order valence-electron chi connectivity index (χ1n) is 18.0. The molecule has 0 N–H and O–H groups in total. The first kappa shape index (κ1) is 30.4. The van der Waals surface area contributed by atoms with Gasteiger partial charge in [-0.25, -0.2) is 0 Å². The average molecular weight is 710 g/mol. The topological polar surface area (TPSA) is 3.24 Å².